The zero-order valence-corrected chi connectivity index (χ0v) is 11.8. The second-order valence-corrected chi connectivity index (χ2v) is 6.08. The van der Waals surface area contributed by atoms with Crippen LogP contribution in [0.5, 0.6) is 0 Å². The van der Waals surface area contributed by atoms with Gasteiger partial charge in [0, 0.05) is 6.54 Å². The topological polar surface area (TPSA) is 71.4 Å². The average Bonchev–Trinajstić information content (AvgIpc) is 2.76. The molecule has 2 N–H and O–H groups in total. The van der Waals surface area contributed by atoms with E-state index in [2.05, 4.69) is 34.0 Å². The summed E-state index contributed by atoms with van der Waals surface area (Å²) in [6, 6.07) is 0.202. The van der Waals surface area contributed by atoms with Crippen molar-refractivity contribution in [2.75, 3.05) is 33.7 Å². The van der Waals surface area contributed by atoms with Gasteiger partial charge in [-0.1, -0.05) is 5.16 Å². The highest BCUT2D eigenvalue weighted by atomic mass is 16.5. The van der Waals surface area contributed by atoms with Gasteiger partial charge in [-0.25, -0.2) is 0 Å². The van der Waals surface area contributed by atoms with Crippen molar-refractivity contribution in [3.63, 3.8) is 0 Å². The van der Waals surface area contributed by atoms with Crippen molar-refractivity contribution < 1.29 is 4.52 Å². The molecule has 1 saturated carbocycles. The molecule has 2 heterocycles. The van der Waals surface area contributed by atoms with Crippen LogP contribution in [0.1, 0.15) is 43.4 Å². The van der Waals surface area contributed by atoms with Crippen LogP contribution in [0.15, 0.2) is 4.52 Å². The minimum absolute atomic E-state index is 0.202. The summed E-state index contributed by atoms with van der Waals surface area (Å²) in [6.45, 7) is 3.12. The molecule has 0 amide bonds. The monoisotopic (exact) mass is 265 g/mol. The first-order chi connectivity index (χ1) is 9.08. The van der Waals surface area contributed by atoms with Crippen LogP contribution in [0.25, 0.3) is 0 Å². The molecular weight excluding hydrogens is 242 g/mol. The molecule has 1 unspecified atom stereocenters. The third kappa shape index (κ3) is 2.40. The Balaban J connectivity index is 1.80. The normalized spacial score (nSPS) is 28.9. The fourth-order valence-corrected chi connectivity index (χ4v) is 2.89. The van der Waals surface area contributed by atoms with Crippen LogP contribution in [-0.4, -0.2) is 53.7 Å². The Morgan fingerprint density at radius 1 is 1.26 bits per heavy atom. The van der Waals surface area contributed by atoms with E-state index in [9.17, 15) is 0 Å². The van der Waals surface area contributed by atoms with Crippen molar-refractivity contribution in [2.24, 2.45) is 5.73 Å². The zero-order valence-electron chi connectivity index (χ0n) is 11.8. The summed E-state index contributed by atoms with van der Waals surface area (Å²) in [4.78, 5) is 9.22. The molecule has 6 nitrogen and oxygen atoms in total. The van der Waals surface area contributed by atoms with E-state index in [4.69, 9.17) is 10.3 Å². The van der Waals surface area contributed by atoms with Crippen LogP contribution in [0, 0.1) is 0 Å². The molecule has 1 saturated heterocycles. The van der Waals surface area contributed by atoms with Gasteiger partial charge in [0.25, 0.3) is 0 Å². The molecule has 0 aromatic carbocycles. The zero-order chi connectivity index (χ0) is 13.5. The highest BCUT2D eigenvalue weighted by molar-refractivity contribution is 5.09. The Bertz CT molecular complexity index is 442. The number of nitrogens with zero attached hydrogens (tertiary/aromatic N) is 4. The third-order valence-electron chi connectivity index (χ3n) is 4.48. The maximum Gasteiger partial charge on any atom is 0.246 e. The quantitative estimate of drug-likeness (QED) is 0.849. The predicted octanol–water partition coefficient (Wildman–Crippen LogP) is 0.716. The first-order valence-corrected chi connectivity index (χ1v) is 7.10. The Morgan fingerprint density at radius 3 is 2.74 bits per heavy atom. The maximum absolute atomic E-state index is 6.24. The molecular formula is C13H23N5O. The van der Waals surface area contributed by atoms with Crippen LogP contribution in [0.3, 0.4) is 0 Å². The highest BCUT2D eigenvalue weighted by Crippen LogP contribution is 2.38. The molecule has 106 valence electrons. The molecule has 19 heavy (non-hydrogen) atoms. The Labute approximate surface area is 113 Å². The summed E-state index contributed by atoms with van der Waals surface area (Å²) in [5.74, 6) is 1.40. The van der Waals surface area contributed by atoms with E-state index >= 15 is 0 Å². The number of nitrogens with two attached hydrogens (primary N) is 1. The Morgan fingerprint density at radius 2 is 2.05 bits per heavy atom. The molecule has 0 bridgehead atoms. The number of hydrogen-bond donors (Lipinski definition) is 1. The van der Waals surface area contributed by atoms with Crippen molar-refractivity contribution >= 4 is 0 Å². The van der Waals surface area contributed by atoms with E-state index in [0.717, 1.165) is 44.7 Å². The molecule has 1 atom stereocenters. The molecule has 6 heteroatoms. The molecule has 2 fully saturated rings. The smallest absolute Gasteiger partial charge is 0.246 e. The van der Waals surface area contributed by atoms with Gasteiger partial charge in [0.1, 0.15) is 0 Å². The number of aromatic nitrogens is 2. The van der Waals surface area contributed by atoms with E-state index in [1.807, 2.05) is 0 Å². The van der Waals surface area contributed by atoms with Gasteiger partial charge in [-0.3, -0.25) is 4.90 Å². The molecule has 1 aromatic rings. The molecule has 1 aliphatic carbocycles. The predicted molar refractivity (Wildman–Crippen MR) is 71.5 cm³/mol. The summed E-state index contributed by atoms with van der Waals surface area (Å²) in [5.41, 5.74) is 5.88. The Hall–Kier alpha value is -0.980. The van der Waals surface area contributed by atoms with E-state index in [1.54, 1.807) is 0 Å². The van der Waals surface area contributed by atoms with Crippen LogP contribution in [-0.2, 0) is 5.54 Å². The largest absolute Gasteiger partial charge is 0.337 e. The van der Waals surface area contributed by atoms with Gasteiger partial charge in [-0.2, -0.15) is 4.98 Å². The highest BCUT2D eigenvalue weighted by Gasteiger charge is 2.40. The summed E-state index contributed by atoms with van der Waals surface area (Å²) in [5, 5.41) is 4.18. The van der Waals surface area contributed by atoms with E-state index in [0.29, 0.717) is 5.89 Å². The van der Waals surface area contributed by atoms with Crippen molar-refractivity contribution in [3.8, 4) is 0 Å². The molecule has 0 radical (unpaired) electrons. The lowest BCUT2D eigenvalue weighted by Crippen LogP contribution is -2.43. The number of rotatable bonds is 2. The number of hydrogen-bond acceptors (Lipinski definition) is 6. The second kappa shape index (κ2) is 4.85. The average molecular weight is 265 g/mol. The SMILES string of the molecule is CN1CCCN(C)C(c2noc(C3(N)CCC3)n2)C1. The lowest BCUT2D eigenvalue weighted by atomic mass is 9.78. The van der Waals surface area contributed by atoms with Crippen molar-refractivity contribution in [2.45, 2.75) is 37.3 Å². The van der Waals surface area contributed by atoms with Gasteiger partial charge in [0.2, 0.25) is 5.89 Å². The van der Waals surface area contributed by atoms with Gasteiger partial charge in [-0.05, 0) is 52.9 Å². The second-order valence-electron chi connectivity index (χ2n) is 6.08. The van der Waals surface area contributed by atoms with Crippen molar-refractivity contribution in [1.82, 2.24) is 19.9 Å². The number of likely N-dealkylation sites (N-methyl/N-ethyl adjacent to an activating group) is 2. The molecule has 0 spiro atoms. The molecule has 1 aromatic heterocycles. The Kier molecular flexibility index (Phi) is 3.32. The molecule has 2 aliphatic rings. The summed E-state index contributed by atoms with van der Waals surface area (Å²) >= 11 is 0. The fourth-order valence-electron chi connectivity index (χ4n) is 2.89. The van der Waals surface area contributed by atoms with Gasteiger partial charge in [0.05, 0.1) is 11.6 Å². The summed E-state index contributed by atoms with van der Waals surface area (Å²) in [7, 11) is 4.27. The lowest BCUT2D eigenvalue weighted by molar-refractivity contribution is 0.179. The van der Waals surface area contributed by atoms with E-state index in [1.165, 1.54) is 6.42 Å². The maximum atomic E-state index is 6.24. The van der Waals surface area contributed by atoms with Crippen LogP contribution >= 0.6 is 0 Å². The standard InChI is InChI=1S/C13H23N5O/c1-17-7-4-8-18(2)10(9-17)11-15-12(19-16-11)13(14)5-3-6-13/h10H,3-9,14H2,1-2H3. The molecule has 1 aliphatic heterocycles. The minimum atomic E-state index is -0.361. The van der Waals surface area contributed by atoms with Crippen molar-refractivity contribution in [3.05, 3.63) is 11.7 Å². The van der Waals surface area contributed by atoms with Gasteiger partial charge < -0.3 is 15.2 Å². The van der Waals surface area contributed by atoms with Gasteiger partial charge in [-0.15, -0.1) is 0 Å². The van der Waals surface area contributed by atoms with Crippen LogP contribution in [0.4, 0.5) is 0 Å². The van der Waals surface area contributed by atoms with Crippen molar-refractivity contribution in [1.29, 1.82) is 0 Å². The minimum Gasteiger partial charge on any atom is -0.337 e. The van der Waals surface area contributed by atoms with Gasteiger partial charge >= 0.3 is 0 Å². The van der Waals surface area contributed by atoms with E-state index in [-0.39, 0.29) is 11.6 Å². The first kappa shape index (κ1) is 13.0. The fraction of sp³-hybridized carbons (Fsp3) is 0.846. The van der Waals surface area contributed by atoms with E-state index < -0.39 is 0 Å². The summed E-state index contributed by atoms with van der Waals surface area (Å²) < 4.78 is 5.42. The summed E-state index contributed by atoms with van der Waals surface area (Å²) in [6.07, 6.45) is 4.24. The molecule has 3 rings (SSSR count). The lowest BCUT2D eigenvalue weighted by Gasteiger charge is -2.33. The van der Waals surface area contributed by atoms with Crippen LogP contribution < -0.4 is 5.73 Å². The third-order valence-corrected chi connectivity index (χ3v) is 4.48. The first-order valence-electron chi connectivity index (χ1n) is 7.10. The van der Waals surface area contributed by atoms with Crippen LogP contribution in [0.2, 0.25) is 0 Å². The van der Waals surface area contributed by atoms with Gasteiger partial charge in [0.15, 0.2) is 5.82 Å².